The number of nitrogens with zero attached hydrogens (tertiary/aromatic N) is 3. The average Bonchev–Trinajstić information content (AvgIpc) is 3.97. The minimum atomic E-state index is -5.08. The van der Waals surface area contributed by atoms with Gasteiger partial charge in [-0.05, 0) is 83.3 Å². The molecule has 3 heterocycles. The van der Waals surface area contributed by atoms with Gasteiger partial charge in [-0.15, -0.1) is 0 Å². The van der Waals surface area contributed by atoms with Gasteiger partial charge in [-0.25, -0.2) is 23.2 Å². The number of halogens is 6. The van der Waals surface area contributed by atoms with E-state index in [-0.39, 0.29) is 48.9 Å². The van der Waals surface area contributed by atoms with Crippen LogP contribution in [0.2, 0.25) is 0 Å². The highest BCUT2D eigenvalue weighted by Crippen LogP contribution is 2.48. The van der Waals surface area contributed by atoms with Crippen LogP contribution in [0.5, 0.6) is 11.6 Å². The Morgan fingerprint density at radius 2 is 1.69 bits per heavy atom. The maximum absolute atomic E-state index is 14.5. The topological polar surface area (TPSA) is 195 Å². The first-order valence-electron chi connectivity index (χ1n) is 20.1. The van der Waals surface area contributed by atoms with Crippen LogP contribution in [0.1, 0.15) is 96.1 Å². The molecule has 2 aliphatic heterocycles. The van der Waals surface area contributed by atoms with Gasteiger partial charge in [0.25, 0.3) is 5.91 Å². The molecule has 334 valence electrons. The van der Waals surface area contributed by atoms with E-state index in [0.29, 0.717) is 32.1 Å². The molecular weight excluding hydrogens is 843 g/mol. The maximum Gasteiger partial charge on any atom is 0.438 e. The average molecular weight is 889 g/mol. The monoisotopic (exact) mass is 888 g/mol. The SMILES string of the molecule is COc1ccc2nc(C(F)(F)F)c(O[C@@H]3C[C@H]4C(=O)N[C@]5(C(=O)NS(=O)(=O)C6(C)CC6)CC5/C=C\CCCCC[C@H](NC(=O)OC5(C(F)(F)F)CCCC5)C(=O)N4C3)nc2c1. The van der Waals surface area contributed by atoms with Crippen LogP contribution in [0.4, 0.5) is 31.1 Å². The van der Waals surface area contributed by atoms with Crippen molar-refractivity contribution in [2.45, 2.75) is 137 Å². The van der Waals surface area contributed by atoms with Crippen LogP contribution in [0.15, 0.2) is 30.4 Å². The highest BCUT2D eigenvalue weighted by atomic mass is 32.2. The number of carbonyl (C=O) groups excluding carboxylic acids is 4. The fourth-order valence-corrected chi connectivity index (χ4v) is 9.57. The van der Waals surface area contributed by atoms with Crippen molar-refractivity contribution in [1.29, 1.82) is 0 Å². The molecule has 0 radical (unpaired) electrons. The molecule has 1 aromatic carbocycles. The van der Waals surface area contributed by atoms with Gasteiger partial charge in [0.15, 0.2) is 0 Å². The van der Waals surface area contributed by atoms with Gasteiger partial charge in [0.2, 0.25) is 39.0 Å². The number of benzene rings is 1. The number of allylic oxidation sites excluding steroid dienone is 1. The van der Waals surface area contributed by atoms with E-state index in [2.05, 4.69) is 25.3 Å². The Morgan fingerprint density at radius 3 is 2.34 bits per heavy atom. The van der Waals surface area contributed by atoms with Crippen molar-refractivity contribution >= 4 is 44.9 Å². The summed E-state index contributed by atoms with van der Waals surface area (Å²) in [6.07, 6.45) is -8.36. The molecule has 5 atom stereocenters. The number of aromatic nitrogens is 2. The molecule has 4 fully saturated rings. The molecule has 0 spiro atoms. The molecule has 1 saturated heterocycles. The number of rotatable bonds is 8. The smallest absolute Gasteiger partial charge is 0.438 e. The second kappa shape index (κ2) is 16.1. The van der Waals surface area contributed by atoms with Crippen LogP contribution < -0.4 is 24.8 Å². The first-order valence-corrected chi connectivity index (χ1v) is 21.6. The number of hydrogen-bond donors (Lipinski definition) is 3. The molecular formula is C39H46F6N6O9S. The van der Waals surface area contributed by atoms with Gasteiger partial charge in [0, 0.05) is 18.4 Å². The van der Waals surface area contributed by atoms with Crippen LogP contribution in [0, 0.1) is 5.92 Å². The van der Waals surface area contributed by atoms with Crippen LogP contribution in [-0.2, 0) is 35.3 Å². The summed E-state index contributed by atoms with van der Waals surface area (Å²) in [6, 6.07) is 0.802. The summed E-state index contributed by atoms with van der Waals surface area (Å²) in [5.74, 6) is -4.39. The number of carbonyl (C=O) groups is 4. The van der Waals surface area contributed by atoms with Gasteiger partial charge in [-0.1, -0.05) is 25.0 Å². The van der Waals surface area contributed by atoms with E-state index in [1.165, 1.54) is 32.2 Å². The Labute approximate surface area is 346 Å². The standard InChI is InChI=1S/C39H46F6N6O9S/c1-35(16-17-35)61(56,57)50-33(54)37-20-22(37)10-6-4-3-5-7-11-26(48-34(55)60-36(39(43,44)45)14-8-9-15-36)32(53)51-21-24(19-28(51)30(52)49-37)59-31-29(38(40,41)42)46-25-13-12-23(58-2)18-27(25)47-31/h6,10,12-13,18,22,24,26,28H,3-5,7-9,11,14-17,19-21H2,1-2H3,(H,48,55)(H,49,52)(H,50,54)/b10-6-/t22?,24-,26+,28+,37-/m1/s1. The summed E-state index contributed by atoms with van der Waals surface area (Å²) in [5, 5.41) is 4.90. The molecule has 22 heteroatoms. The summed E-state index contributed by atoms with van der Waals surface area (Å²) in [7, 11) is -2.84. The predicted molar refractivity (Wildman–Crippen MR) is 202 cm³/mol. The summed E-state index contributed by atoms with van der Waals surface area (Å²) in [5.41, 5.74) is -6.26. The van der Waals surface area contributed by atoms with E-state index in [9.17, 15) is 53.9 Å². The summed E-state index contributed by atoms with van der Waals surface area (Å²) in [6.45, 7) is 0.889. The van der Waals surface area contributed by atoms with Crippen LogP contribution in [0.25, 0.3) is 11.0 Å². The molecule has 7 rings (SSSR count). The number of alkyl halides is 6. The van der Waals surface area contributed by atoms with Crippen molar-refractivity contribution in [2.75, 3.05) is 13.7 Å². The Morgan fingerprint density at radius 1 is 0.967 bits per heavy atom. The highest BCUT2D eigenvalue weighted by molar-refractivity contribution is 7.91. The van der Waals surface area contributed by atoms with Crippen LogP contribution in [0.3, 0.4) is 0 Å². The third-order valence-electron chi connectivity index (χ3n) is 12.4. The Bertz CT molecular complexity index is 2210. The molecule has 0 bridgehead atoms. The number of methoxy groups -OCH3 is 1. The van der Waals surface area contributed by atoms with E-state index in [4.69, 9.17) is 14.2 Å². The fourth-order valence-electron chi connectivity index (χ4n) is 8.25. The summed E-state index contributed by atoms with van der Waals surface area (Å²) in [4.78, 5) is 64.7. The Balaban J connectivity index is 1.22. The zero-order chi connectivity index (χ0) is 44.2. The normalized spacial score (nSPS) is 28.3. The Hall–Kier alpha value is -4.89. The lowest BCUT2D eigenvalue weighted by Gasteiger charge is -2.33. The van der Waals surface area contributed by atoms with Crippen molar-refractivity contribution in [2.24, 2.45) is 5.92 Å². The van der Waals surface area contributed by atoms with Crippen LogP contribution in [-0.4, -0.2) is 101 Å². The van der Waals surface area contributed by atoms with Gasteiger partial charge < -0.3 is 29.7 Å². The van der Waals surface area contributed by atoms with Gasteiger partial charge in [0.05, 0.1) is 29.4 Å². The van der Waals surface area contributed by atoms with Crippen molar-refractivity contribution in [3.63, 3.8) is 0 Å². The second-order valence-corrected chi connectivity index (χ2v) is 18.9. The third kappa shape index (κ3) is 8.91. The van der Waals surface area contributed by atoms with Gasteiger partial charge in [-0.2, -0.15) is 26.3 Å². The number of amides is 4. The number of fused-ring (bicyclic) bond motifs is 3. The lowest BCUT2D eigenvalue weighted by atomic mass is 10.0. The summed E-state index contributed by atoms with van der Waals surface area (Å²) < 4.78 is 129. The number of sulfonamides is 1. The minimum absolute atomic E-state index is 0.0179. The van der Waals surface area contributed by atoms with Crippen molar-refractivity contribution in [1.82, 2.24) is 30.2 Å². The fraction of sp³-hybridized carbons (Fsp3) is 0.641. The zero-order valence-corrected chi connectivity index (χ0v) is 34.1. The van der Waals surface area contributed by atoms with Gasteiger partial charge in [-0.3, -0.25) is 19.1 Å². The van der Waals surface area contributed by atoms with E-state index in [1.807, 2.05) is 0 Å². The lowest BCUT2D eigenvalue weighted by Crippen LogP contribution is -2.59. The minimum Gasteiger partial charge on any atom is -0.497 e. The number of alkyl carbamates (subject to hydrolysis) is 1. The first-order chi connectivity index (χ1) is 28.6. The van der Waals surface area contributed by atoms with Crippen molar-refractivity contribution in [3.05, 3.63) is 36.0 Å². The van der Waals surface area contributed by atoms with E-state index >= 15 is 0 Å². The van der Waals surface area contributed by atoms with Crippen molar-refractivity contribution < 1.29 is 68.1 Å². The van der Waals surface area contributed by atoms with Crippen LogP contribution >= 0.6 is 0 Å². The molecule has 3 aliphatic carbocycles. The Kier molecular flexibility index (Phi) is 11.7. The number of ether oxygens (including phenoxy) is 3. The second-order valence-electron chi connectivity index (χ2n) is 16.7. The number of nitrogens with one attached hydrogen (secondary N) is 3. The highest BCUT2D eigenvalue weighted by Gasteiger charge is 2.63. The van der Waals surface area contributed by atoms with E-state index in [0.717, 1.165) is 4.90 Å². The maximum atomic E-state index is 14.5. The predicted octanol–water partition coefficient (Wildman–Crippen LogP) is 5.37. The van der Waals surface area contributed by atoms with E-state index < -0.39 is 124 Å². The molecule has 3 saturated carbocycles. The van der Waals surface area contributed by atoms with Crippen molar-refractivity contribution in [3.8, 4) is 11.6 Å². The molecule has 15 nitrogen and oxygen atoms in total. The lowest BCUT2D eigenvalue weighted by molar-refractivity contribution is -0.255. The third-order valence-corrected chi connectivity index (χ3v) is 14.5. The molecule has 3 N–H and O–H groups in total. The first kappa shape index (κ1) is 44.2. The van der Waals surface area contributed by atoms with Gasteiger partial charge in [0.1, 0.15) is 29.5 Å². The molecule has 61 heavy (non-hydrogen) atoms. The summed E-state index contributed by atoms with van der Waals surface area (Å²) >= 11 is 0. The molecule has 5 aliphatic rings. The quantitative estimate of drug-likeness (QED) is 0.228. The number of hydrogen-bond acceptors (Lipinski definition) is 11. The molecule has 4 amide bonds. The molecule has 1 aromatic heterocycles. The largest absolute Gasteiger partial charge is 0.497 e. The zero-order valence-electron chi connectivity index (χ0n) is 33.3. The molecule has 2 aromatic rings. The van der Waals surface area contributed by atoms with E-state index in [1.54, 1.807) is 12.2 Å². The van der Waals surface area contributed by atoms with Gasteiger partial charge >= 0.3 is 18.4 Å². The molecule has 1 unspecified atom stereocenters.